The zero-order chi connectivity index (χ0) is 14.4. The highest BCUT2D eigenvalue weighted by Crippen LogP contribution is 2.27. The molecule has 0 radical (unpaired) electrons. The average Bonchev–Trinajstić information content (AvgIpc) is 2.47. The van der Waals surface area contributed by atoms with E-state index < -0.39 is 5.60 Å². The van der Waals surface area contributed by atoms with Crippen LogP contribution in [0.25, 0.3) is 0 Å². The number of hydrogen-bond donors (Lipinski definition) is 2. The van der Waals surface area contributed by atoms with Gasteiger partial charge in [0, 0.05) is 5.56 Å². The van der Waals surface area contributed by atoms with Crippen molar-refractivity contribution in [3.05, 3.63) is 35.4 Å². The standard InChI is InChI=1S/C17H21NO2/c18-13-9-14-4-6-15(7-5-14)16(19)8-12-17(20)10-2-1-3-11-17/h4-7,20H,1-3,9-11,13,18H2. The van der Waals surface area contributed by atoms with Crippen LogP contribution in [0.3, 0.4) is 0 Å². The lowest BCUT2D eigenvalue weighted by Crippen LogP contribution is -2.29. The Morgan fingerprint density at radius 1 is 1.20 bits per heavy atom. The van der Waals surface area contributed by atoms with E-state index in [9.17, 15) is 9.90 Å². The van der Waals surface area contributed by atoms with E-state index in [1.165, 1.54) is 0 Å². The van der Waals surface area contributed by atoms with E-state index in [1.807, 2.05) is 12.1 Å². The number of carbonyl (C=O) groups is 1. The SMILES string of the molecule is NCCc1ccc(C(=O)C#CC2(O)CCCCC2)cc1. The van der Waals surface area contributed by atoms with Crippen LogP contribution in [0.15, 0.2) is 24.3 Å². The van der Waals surface area contributed by atoms with Crippen LogP contribution >= 0.6 is 0 Å². The Kier molecular flexibility index (Phi) is 4.94. The van der Waals surface area contributed by atoms with Crippen molar-refractivity contribution in [2.75, 3.05) is 6.54 Å². The summed E-state index contributed by atoms with van der Waals surface area (Å²) in [6.45, 7) is 0.597. The van der Waals surface area contributed by atoms with Crippen LogP contribution in [0.4, 0.5) is 0 Å². The van der Waals surface area contributed by atoms with Gasteiger partial charge in [-0.1, -0.05) is 36.6 Å². The summed E-state index contributed by atoms with van der Waals surface area (Å²) in [5.74, 6) is 5.14. The third-order valence-corrected chi connectivity index (χ3v) is 3.74. The summed E-state index contributed by atoms with van der Waals surface area (Å²) >= 11 is 0. The monoisotopic (exact) mass is 271 g/mol. The van der Waals surface area contributed by atoms with E-state index in [-0.39, 0.29) is 5.78 Å². The molecule has 1 aromatic carbocycles. The van der Waals surface area contributed by atoms with Gasteiger partial charge in [0.15, 0.2) is 0 Å². The van der Waals surface area contributed by atoms with Crippen molar-refractivity contribution < 1.29 is 9.90 Å². The fraction of sp³-hybridized carbons (Fsp3) is 0.471. The van der Waals surface area contributed by atoms with Gasteiger partial charge in [-0.2, -0.15) is 0 Å². The van der Waals surface area contributed by atoms with Gasteiger partial charge in [0.05, 0.1) is 0 Å². The van der Waals surface area contributed by atoms with Gasteiger partial charge in [0.1, 0.15) is 5.60 Å². The van der Waals surface area contributed by atoms with Crippen molar-refractivity contribution in [1.82, 2.24) is 0 Å². The maximum atomic E-state index is 12.0. The molecular weight excluding hydrogens is 250 g/mol. The van der Waals surface area contributed by atoms with Crippen molar-refractivity contribution in [1.29, 1.82) is 0 Å². The highest BCUT2D eigenvalue weighted by molar-refractivity contribution is 6.09. The molecule has 0 bridgehead atoms. The van der Waals surface area contributed by atoms with Gasteiger partial charge >= 0.3 is 0 Å². The molecule has 0 aliphatic heterocycles. The molecule has 1 fully saturated rings. The normalized spacial score (nSPS) is 17.1. The molecule has 0 unspecified atom stereocenters. The van der Waals surface area contributed by atoms with Crippen molar-refractivity contribution >= 4 is 5.78 Å². The van der Waals surface area contributed by atoms with E-state index in [1.54, 1.807) is 12.1 Å². The highest BCUT2D eigenvalue weighted by Gasteiger charge is 2.26. The fourth-order valence-corrected chi connectivity index (χ4v) is 2.50. The first kappa shape index (κ1) is 14.8. The van der Waals surface area contributed by atoms with Gasteiger partial charge in [-0.05, 0) is 50.1 Å². The molecule has 1 saturated carbocycles. The van der Waals surface area contributed by atoms with Gasteiger partial charge in [-0.15, -0.1) is 0 Å². The van der Waals surface area contributed by atoms with Crippen LogP contribution in [0, 0.1) is 11.8 Å². The third-order valence-electron chi connectivity index (χ3n) is 3.74. The smallest absolute Gasteiger partial charge is 0.235 e. The van der Waals surface area contributed by atoms with Gasteiger partial charge in [0.25, 0.3) is 0 Å². The minimum Gasteiger partial charge on any atom is -0.378 e. The molecule has 3 nitrogen and oxygen atoms in total. The van der Waals surface area contributed by atoms with Gasteiger partial charge < -0.3 is 10.8 Å². The molecule has 2 rings (SSSR count). The van der Waals surface area contributed by atoms with Crippen LogP contribution in [0.2, 0.25) is 0 Å². The molecule has 106 valence electrons. The van der Waals surface area contributed by atoms with Crippen LogP contribution in [0.1, 0.15) is 48.0 Å². The topological polar surface area (TPSA) is 63.3 Å². The van der Waals surface area contributed by atoms with Crippen LogP contribution in [0.5, 0.6) is 0 Å². The van der Waals surface area contributed by atoms with Crippen molar-refractivity contribution in [3.63, 3.8) is 0 Å². The maximum absolute atomic E-state index is 12.0. The number of benzene rings is 1. The summed E-state index contributed by atoms with van der Waals surface area (Å²) < 4.78 is 0. The Hall–Kier alpha value is -1.63. The predicted octanol–water partition coefficient (Wildman–Crippen LogP) is 2.07. The molecule has 1 aliphatic carbocycles. The number of aliphatic hydroxyl groups is 1. The van der Waals surface area contributed by atoms with E-state index in [2.05, 4.69) is 11.8 Å². The summed E-state index contributed by atoms with van der Waals surface area (Å²) in [5, 5.41) is 10.2. The summed E-state index contributed by atoms with van der Waals surface area (Å²) in [4.78, 5) is 12.0. The Morgan fingerprint density at radius 3 is 2.45 bits per heavy atom. The molecule has 0 atom stereocenters. The first-order valence-electron chi connectivity index (χ1n) is 7.22. The van der Waals surface area contributed by atoms with E-state index in [4.69, 9.17) is 5.73 Å². The second kappa shape index (κ2) is 6.69. The van der Waals surface area contributed by atoms with Gasteiger partial charge in [-0.25, -0.2) is 0 Å². The maximum Gasteiger partial charge on any atom is 0.235 e. The number of rotatable bonds is 3. The average molecular weight is 271 g/mol. The summed E-state index contributed by atoms with van der Waals surface area (Å²) in [6, 6.07) is 7.34. The third kappa shape index (κ3) is 3.93. The second-order valence-corrected chi connectivity index (χ2v) is 5.41. The Bertz CT molecular complexity index is 516. The molecule has 1 aliphatic rings. The van der Waals surface area contributed by atoms with E-state index >= 15 is 0 Å². The van der Waals surface area contributed by atoms with Crippen molar-refractivity contribution in [3.8, 4) is 11.8 Å². The van der Waals surface area contributed by atoms with Crippen LogP contribution in [-0.4, -0.2) is 23.0 Å². The lowest BCUT2D eigenvalue weighted by molar-refractivity contribution is 0.0607. The lowest BCUT2D eigenvalue weighted by Gasteiger charge is -2.26. The van der Waals surface area contributed by atoms with Crippen LogP contribution < -0.4 is 5.73 Å². The molecular formula is C17H21NO2. The number of nitrogens with two attached hydrogens (primary N) is 1. The van der Waals surface area contributed by atoms with Gasteiger partial charge in [-0.3, -0.25) is 4.79 Å². The number of ketones is 1. The predicted molar refractivity (Wildman–Crippen MR) is 79.3 cm³/mol. The Labute approximate surface area is 120 Å². The summed E-state index contributed by atoms with van der Waals surface area (Å²) in [6.07, 6.45) is 5.24. The van der Waals surface area contributed by atoms with E-state index in [0.29, 0.717) is 24.9 Å². The first-order valence-corrected chi connectivity index (χ1v) is 7.22. The fourth-order valence-electron chi connectivity index (χ4n) is 2.50. The van der Waals surface area contributed by atoms with Crippen LogP contribution in [-0.2, 0) is 6.42 Å². The molecule has 0 saturated heterocycles. The number of carbonyl (C=O) groups excluding carboxylic acids is 1. The summed E-state index contributed by atoms with van der Waals surface area (Å²) in [7, 11) is 0. The first-order chi connectivity index (χ1) is 9.63. The van der Waals surface area contributed by atoms with Crippen molar-refractivity contribution in [2.45, 2.75) is 44.1 Å². The Morgan fingerprint density at radius 2 is 1.85 bits per heavy atom. The minimum absolute atomic E-state index is 0.233. The number of Topliss-reactive ketones (excluding diaryl/α,β-unsaturated/α-hetero) is 1. The molecule has 0 spiro atoms. The zero-order valence-electron chi connectivity index (χ0n) is 11.7. The van der Waals surface area contributed by atoms with Gasteiger partial charge in [0.2, 0.25) is 5.78 Å². The molecule has 0 amide bonds. The molecule has 0 heterocycles. The zero-order valence-corrected chi connectivity index (χ0v) is 11.7. The lowest BCUT2D eigenvalue weighted by atomic mass is 9.85. The Balaban J connectivity index is 2.04. The minimum atomic E-state index is -0.965. The molecule has 0 aromatic heterocycles. The summed E-state index contributed by atoms with van der Waals surface area (Å²) in [5.41, 5.74) is 6.20. The molecule has 3 heteroatoms. The van der Waals surface area contributed by atoms with E-state index in [0.717, 1.165) is 31.2 Å². The largest absolute Gasteiger partial charge is 0.378 e. The second-order valence-electron chi connectivity index (χ2n) is 5.41. The molecule has 3 N–H and O–H groups in total. The number of hydrogen-bond acceptors (Lipinski definition) is 3. The molecule has 1 aromatic rings. The molecule has 20 heavy (non-hydrogen) atoms. The highest BCUT2D eigenvalue weighted by atomic mass is 16.3. The quantitative estimate of drug-likeness (QED) is 0.502. The van der Waals surface area contributed by atoms with Crippen molar-refractivity contribution in [2.24, 2.45) is 5.73 Å².